The van der Waals surface area contributed by atoms with Crippen molar-refractivity contribution in [2.45, 2.75) is 40.2 Å². The van der Waals surface area contributed by atoms with Crippen molar-refractivity contribution in [1.82, 2.24) is 9.97 Å². The quantitative estimate of drug-likeness (QED) is 0.604. The number of nitrogens with zero attached hydrogens (tertiary/aromatic N) is 2. The van der Waals surface area contributed by atoms with E-state index in [4.69, 9.17) is 16.3 Å². The molecular formula is C12H15ClN2O3. The van der Waals surface area contributed by atoms with Crippen molar-refractivity contribution in [2.75, 3.05) is 0 Å². The second-order valence-electron chi connectivity index (χ2n) is 3.94. The van der Waals surface area contributed by atoms with Crippen LogP contribution in [-0.2, 0) is 20.9 Å². The molecule has 0 bridgehead atoms. The molecule has 5 nitrogen and oxygen atoms in total. The molecule has 98 valence electrons. The largest absolute Gasteiger partial charge is 0.459 e. The predicted molar refractivity (Wildman–Crippen MR) is 66.1 cm³/mol. The third-order valence-corrected chi connectivity index (χ3v) is 2.66. The Bertz CT molecular complexity index is 475. The van der Waals surface area contributed by atoms with Crippen molar-refractivity contribution in [3.05, 3.63) is 22.8 Å². The highest BCUT2D eigenvalue weighted by Gasteiger charge is 2.10. The Morgan fingerprint density at radius 1 is 1.06 bits per heavy atom. The molecule has 1 heterocycles. The third-order valence-electron chi connectivity index (χ3n) is 2.47. The SMILES string of the molecule is Cc1nc(C)c(COC(=O)CCC(=O)Cl)nc1C. The monoisotopic (exact) mass is 270 g/mol. The van der Waals surface area contributed by atoms with Crippen molar-refractivity contribution in [1.29, 1.82) is 0 Å². The van der Waals surface area contributed by atoms with Crippen LogP contribution in [0.4, 0.5) is 0 Å². The average molecular weight is 271 g/mol. The van der Waals surface area contributed by atoms with E-state index in [1.807, 2.05) is 20.8 Å². The number of hydrogen-bond acceptors (Lipinski definition) is 5. The minimum atomic E-state index is -0.547. The highest BCUT2D eigenvalue weighted by molar-refractivity contribution is 6.63. The van der Waals surface area contributed by atoms with E-state index in [1.54, 1.807) is 0 Å². The first-order valence-electron chi connectivity index (χ1n) is 5.55. The summed E-state index contributed by atoms with van der Waals surface area (Å²) in [5.74, 6) is -0.469. The van der Waals surface area contributed by atoms with Crippen molar-refractivity contribution in [3.63, 3.8) is 0 Å². The Morgan fingerprint density at radius 2 is 1.67 bits per heavy atom. The third kappa shape index (κ3) is 4.41. The summed E-state index contributed by atoms with van der Waals surface area (Å²) < 4.78 is 5.00. The Balaban J connectivity index is 2.56. The lowest BCUT2D eigenvalue weighted by Crippen LogP contribution is -2.09. The molecule has 0 atom stereocenters. The summed E-state index contributed by atoms with van der Waals surface area (Å²) in [6, 6.07) is 0. The Hall–Kier alpha value is -1.49. The van der Waals surface area contributed by atoms with Crippen LogP contribution in [0.5, 0.6) is 0 Å². The maximum atomic E-state index is 11.3. The minimum absolute atomic E-state index is 0.0142. The van der Waals surface area contributed by atoms with Crippen LogP contribution in [-0.4, -0.2) is 21.2 Å². The van der Waals surface area contributed by atoms with Gasteiger partial charge in [-0.15, -0.1) is 0 Å². The fraction of sp³-hybridized carbons (Fsp3) is 0.500. The Kier molecular flexibility index (Phi) is 5.22. The normalized spacial score (nSPS) is 10.2. The summed E-state index contributed by atoms with van der Waals surface area (Å²) in [4.78, 5) is 30.4. The minimum Gasteiger partial charge on any atom is -0.459 e. The smallest absolute Gasteiger partial charge is 0.306 e. The highest BCUT2D eigenvalue weighted by atomic mass is 35.5. The van der Waals surface area contributed by atoms with Gasteiger partial charge in [0.15, 0.2) is 0 Å². The number of ether oxygens (including phenoxy) is 1. The Morgan fingerprint density at radius 3 is 2.28 bits per heavy atom. The standard InChI is InChI=1S/C12H15ClN2O3/c1-7-8(2)15-10(9(3)14-7)6-18-12(17)5-4-11(13)16/h4-6H2,1-3H3. The van der Waals surface area contributed by atoms with Crippen molar-refractivity contribution in [3.8, 4) is 0 Å². The van der Waals surface area contributed by atoms with Crippen LogP contribution in [0.3, 0.4) is 0 Å². The fourth-order valence-electron chi connectivity index (χ4n) is 1.32. The van der Waals surface area contributed by atoms with E-state index >= 15 is 0 Å². The van der Waals surface area contributed by atoms with Crippen LogP contribution in [0.1, 0.15) is 35.6 Å². The van der Waals surface area contributed by atoms with Crippen LogP contribution in [0.15, 0.2) is 0 Å². The molecule has 0 saturated carbocycles. The van der Waals surface area contributed by atoms with E-state index in [9.17, 15) is 9.59 Å². The van der Waals surface area contributed by atoms with Gasteiger partial charge >= 0.3 is 5.97 Å². The molecule has 0 unspecified atom stereocenters. The van der Waals surface area contributed by atoms with Gasteiger partial charge in [-0.2, -0.15) is 0 Å². The number of carbonyl (C=O) groups excluding carboxylic acids is 2. The van der Waals surface area contributed by atoms with Crippen LogP contribution in [0.2, 0.25) is 0 Å². The number of hydrogen-bond donors (Lipinski definition) is 0. The van der Waals surface area contributed by atoms with Crippen molar-refractivity contribution >= 4 is 22.8 Å². The molecule has 0 saturated heterocycles. The molecule has 6 heteroatoms. The molecule has 0 aromatic carbocycles. The van der Waals surface area contributed by atoms with E-state index in [1.165, 1.54) is 0 Å². The van der Waals surface area contributed by atoms with E-state index in [2.05, 4.69) is 9.97 Å². The number of aromatic nitrogens is 2. The second kappa shape index (κ2) is 6.44. The van der Waals surface area contributed by atoms with Gasteiger partial charge in [0.25, 0.3) is 0 Å². The van der Waals surface area contributed by atoms with E-state index in [-0.39, 0.29) is 19.4 Å². The van der Waals surface area contributed by atoms with Crippen LogP contribution < -0.4 is 0 Å². The lowest BCUT2D eigenvalue weighted by molar-refractivity contribution is -0.145. The first kappa shape index (κ1) is 14.6. The van der Waals surface area contributed by atoms with Gasteiger partial charge in [-0.05, 0) is 32.4 Å². The molecule has 18 heavy (non-hydrogen) atoms. The molecule has 0 aliphatic carbocycles. The summed E-state index contributed by atoms with van der Waals surface area (Å²) in [7, 11) is 0. The second-order valence-corrected chi connectivity index (χ2v) is 4.36. The van der Waals surface area contributed by atoms with Gasteiger partial charge in [0, 0.05) is 6.42 Å². The van der Waals surface area contributed by atoms with E-state index in [0.717, 1.165) is 17.1 Å². The molecular weight excluding hydrogens is 256 g/mol. The van der Waals surface area contributed by atoms with Crippen LogP contribution >= 0.6 is 11.6 Å². The number of rotatable bonds is 5. The maximum absolute atomic E-state index is 11.3. The predicted octanol–water partition coefficient (Wildman–Crippen LogP) is 1.99. The summed E-state index contributed by atoms with van der Waals surface area (Å²) in [6.45, 7) is 5.59. The lowest BCUT2D eigenvalue weighted by Gasteiger charge is -2.08. The molecule has 1 aromatic heterocycles. The van der Waals surface area contributed by atoms with Crippen molar-refractivity contribution < 1.29 is 14.3 Å². The molecule has 0 aliphatic heterocycles. The van der Waals surface area contributed by atoms with Gasteiger partial charge < -0.3 is 4.74 Å². The lowest BCUT2D eigenvalue weighted by atomic mass is 10.2. The number of aryl methyl sites for hydroxylation is 3. The van der Waals surface area contributed by atoms with Crippen LogP contribution in [0.25, 0.3) is 0 Å². The summed E-state index contributed by atoms with van der Waals surface area (Å²) in [5, 5.41) is -0.547. The molecule has 0 N–H and O–H groups in total. The van der Waals surface area contributed by atoms with Gasteiger partial charge in [-0.3, -0.25) is 19.6 Å². The van der Waals surface area contributed by atoms with Gasteiger partial charge in [-0.25, -0.2) is 0 Å². The van der Waals surface area contributed by atoms with Crippen molar-refractivity contribution in [2.24, 2.45) is 0 Å². The van der Waals surface area contributed by atoms with Gasteiger partial charge in [0.05, 0.1) is 29.2 Å². The maximum Gasteiger partial charge on any atom is 0.306 e. The first-order valence-corrected chi connectivity index (χ1v) is 5.92. The molecule has 0 fully saturated rings. The van der Waals surface area contributed by atoms with E-state index < -0.39 is 11.2 Å². The summed E-state index contributed by atoms with van der Waals surface area (Å²) >= 11 is 5.13. The molecule has 0 radical (unpaired) electrons. The van der Waals surface area contributed by atoms with Gasteiger partial charge in [-0.1, -0.05) is 0 Å². The zero-order valence-electron chi connectivity index (χ0n) is 10.6. The molecule has 1 rings (SSSR count). The fourth-order valence-corrected chi connectivity index (χ4v) is 1.41. The molecule has 1 aromatic rings. The summed E-state index contributed by atoms with van der Waals surface area (Å²) in [6.07, 6.45) is -0.0301. The Labute approximate surface area is 111 Å². The van der Waals surface area contributed by atoms with Crippen LogP contribution in [0, 0.1) is 20.8 Å². The highest BCUT2D eigenvalue weighted by Crippen LogP contribution is 2.09. The van der Waals surface area contributed by atoms with Gasteiger partial charge in [0.2, 0.25) is 5.24 Å². The summed E-state index contributed by atoms with van der Waals surface area (Å²) in [5.41, 5.74) is 3.03. The first-order chi connectivity index (χ1) is 8.40. The number of esters is 1. The molecule has 0 aliphatic rings. The number of carbonyl (C=O) groups is 2. The topological polar surface area (TPSA) is 69.2 Å². The zero-order valence-corrected chi connectivity index (χ0v) is 11.4. The average Bonchev–Trinajstić information content (AvgIpc) is 2.29. The number of halogens is 1. The van der Waals surface area contributed by atoms with Gasteiger partial charge in [0.1, 0.15) is 6.61 Å². The molecule has 0 amide bonds. The molecule has 0 spiro atoms. The zero-order chi connectivity index (χ0) is 13.7. The van der Waals surface area contributed by atoms with E-state index in [0.29, 0.717) is 5.69 Å².